The highest BCUT2D eigenvalue weighted by Crippen LogP contribution is 2.57. The molecule has 1 spiro atoms. The van der Waals surface area contributed by atoms with Crippen LogP contribution in [-0.4, -0.2) is 90.6 Å². The zero-order valence-corrected chi connectivity index (χ0v) is 11.5. The van der Waals surface area contributed by atoms with Crippen LogP contribution in [0.25, 0.3) is 0 Å². The van der Waals surface area contributed by atoms with Crippen LogP contribution in [0.2, 0.25) is 0 Å². The Morgan fingerprint density at radius 2 is 1.83 bits per heavy atom. The summed E-state index contributed by atoms with van der Waals surface area (Å²) in [4.78, 5) is 2.38. The average molecular weight is 335 g/mol. The first-order valence-corrected chi connectivity index (χ1v) is 6.95. The lowest BCUT2D eigenvalue weighted by Gasteiger charge is -2.73. The Bertz CT molecular complexity index is 589. The number of aliphatic hydroxyl groups is 6. The molecule has 12 nitrogen and oxygen atoms in total. The molecule has 4 aliphatic heterocycles. The van der Waals surface area contributed by atoms with E-state index in [9.17, 15) is 35.7 Å². The van der Waals surface area contributed by atoms with E-state index in [0.29, 0.717) is 0 Å². The maximum absolute atomic E-state index is 12.6. The number of hydrogen-bond donors (Lipinski definition) is 9. The standard InChI is InChI=1S/C11H16N3O9/c12-8-13-5(16)1-3-10(20,7(18)19)4-2(15)9(1,14-8)6(17)11(21,22-3)23-4/h1-7,15-20H,(H3,12,13,14)/q-1/p+1/t1-,2?,3-,4+,5-,6+,9-,10+,11+/m1/s1. The van der Waals surface area contributed by atoms with E-state index in [0.717, 1.165) is 0 Å². The lowest BCUT2D eigenvalue weighted by atomic mass is 9.54. The van der Waals surface area contributed by atoms with Crippen molar-refractivity contribution in [2.24, 2.45) is 11.7 Å². The van der Waals surface area contributed by atoms with Gasteiger partial charge in [-0.3, -0.25) is 16.0 Å². The van der Waals surface area contributed by atoms with E-state index >= 15 is 0 Å². The molecule has 1 saturated carbocycles. The van der Waals surface area contributed by atoms with Crippen molar-refractivity contribution in [2.75, 3.05) is 0 Å². The van der Waals surface area contributed by atoms with Gasteiger partial charge >= 0.3 is 5.96 Å². The molecule has 5 rings (SSSR count). The van der Waals surface area contributed by atoms with E-state index in [1.807, 2.05) is 0 Å². The first kappa shape index (κ1) is 15.4. The first-order valence-electron chi connectivity index (χ1n) is 6.95. The van der Waals surface area contributed by atoms with E-state index in [-0.39, 0.29) is 5.96 Å². The minimum absolute atomic E-state index is 0.217. The molecule has 23 heavy (non-hydrogen) atoms. The summed E-state index contributed by atoms with van der Waals surface area (Å²) in [6, 6.07) is 0. The van der Waals surface area contributed by atoms with Gasteiger partial charge in [0.2, 0.25) is 0 Å². The quantitative estimate of drug-likeness (QED) is 0.205. The second-order valence-electron chi connectivity index (χ2n) is 6.38. The summed E-state index contributed by atoms with van der Waals surface area (Å²) in [7, 11) is 0. The van der Waals surface area contributed by atoms with Crippen molar-refractivity contribution >= 4 is 5.96 Å². The predicted octanol–water partition coefficient (Wildman–Crippen LogP) is -8.75. The molecule has 5 aliphatic rings. The van der Waals surface area contributed by atoms with Gasteiger partial charge < -0.3 is 45.2 Å². The average Bonchev–Trinajstić information content (AvgIpc) is 2.44. The zero-order chi connectivity index (χ0) is 16.9. The van der Waals surface area contributed by atoms with Gasteiger partial charge in [0.15, 0.2) is 23.7 Å². The van der Waals surface area contributed by atoms with Crippen molar-refractivity contribution in [1.82, 2.24) is 5.32 Å². The van der Waals surface area contributed by atoms with E-state index in [1.165, 1.54) is 0 Å². The van der Waals surface area contributed by atoms with Crippen molar-refractivity contribution < 1.29 is 50.2 Å². The Morgan fingerprint density at radius 3 is 2.43 bits per heavy atom. The molecule has 4 fully saturated rings. The number of aliphatic hydroxyl groups excluding tert-OH is 4. The molecule has 9 atom stereocenters. The molecule has 0 aromatic rings. The molecular formula is C11H17N3O9. The molecule has 0 aromatic carbocycles. The fourth-order valence-electron chi connectivity index (χ4n) is 4.34. The number of hydrogen-bond acceptors (Lipinski definition) is 11. The van der Waals surface area contributed by atoms with Gasteiger partial charge in [-0.2, -0.15) is 0 Å². The molecule has 10 N–H and O–H groups in total. The van der Waals surface area contributed by atoms with Gasteiger partial charge in [0.1, 0.15) is 30.4 Å². The van der Waals surface area contributed by atoms with Crippen molar-refractivity contribution in [3.63, 3.8) is 0 Å². The highest BCUT2D eigenvalue weighted by molar-refractivity contribution is 5.74. The van der Waals surface area contributed by atoms with Gasteiger partial charge in [0, 0.05) is 0 Å². The van der Waals surface area contributed by atoms with Crippen LogP contribution < -0.4 is 21.1 Å². The topological polar surface area (TPSA) is 215 Å². The third-order valence-corrected chi connectivity index (χ3v) is 5.34. The SMILES string of the molecule is NC1=[NH+][C@H](O)[C@H]2[C@H]3O[C@]4([O-])O[C@@H](C(O)[C@@]2(N1)[C@@H]4O)[C@]3(O)C(O)O. The number of guanidine groups is 1. The predicted molar refractivity (Wildman–Crippen MR) is 63.2 cm³/mol. The van der Waals surface area contributed by atoms with Gasteiger partial charge in [-0.1, -0.05) is 0 Å². The fraction of sp³-hybridized carbons (Fsp3) is 0.909. The number of rotatable bonds is 1. The van der Waals surface area contributed by atoms with E-state index in [1.54, 1.807) is 0 Å². The van der Waals surface area contributed by atoms with Crippen LogP contribution in [-0.2, 0) is 9.47 Å². The number of nitrogens with two attached hydrogens (primary N) is 1. The molecule has 4 bridgehead atoms. The summed E-state index contributed by atoms with van der Waals surface area (Å²) in [6.45, 7) is 0. The summed E-state index contributed by atoms with van der Waals surface area (Å²) in [5.74, 6) is -4.43. The fourth-order valence-corrected chi connectivity index (χ4v) is 4.34. The van der Waals surface area contributed by atoms with Crippen molar-refractivity contribution in [2.45, 2.75) is 54.0 Å². The van der Waals surface area contributed by atoms with Crippen LogP contribution in [0.15, 0.2) is 0 Å². The molecular weight excluding hydrogens is 318 g/mol. The Kier molecular flexibility index (Phi) is 2.76. The van der Waals surface area contributed by atoms with Crippen molar-refractivity contribution in [1.29, 1.82) is 0 Å². The van der Waals surface area contributed by atoms with Crippen LogP contribution in [0.1, 0.15) is 0 Å². The molecule has 130 valence electrons. The minimum Gasteiger partial charge on any atom is -0.805 e. The van der Waals surface area contributed by atoms with Crippen LogP contribution in [0, 0.1) is 5.92 Å². The maximum Gasteiger partial charge on any atom is 0.343 e. The summed E-state index contributed by atoms with van der Waals surface area (Å²) in [5, 5.41) is 76.1. The molecule has 1 aliphatic carbocycles. The second kappa shape index (κ2) is 4.11. The summed E-state index contributed by atoms with van der Waals surface area (Å²) in [5.41, 5.74) is 1.09. The van der Waals surface area contributed by atoms with Gasteiger partial charge in [0.25, 0.3) is 0 Å². The lowest BCUT2D eigenvalue weighted by Crippen LogP contribution is -3.04. The highest BCUT2D eigenvalue weighted by atomic mass is 16.9. The van der Waals surface area contributed by atoms with E-state index in [4.69, 9.17) is 15.2 Å². The summed E-state index contributed by atoms with van der Waals surface area (Å²) >= 11 is 0. The molecule has 0 amide bonds. The molecule has 3 saturated heterocycles. The van der Waals surface area contributed by atoms with Crippen molar-refractivity contribution in [3.05, 3.63) is 0 Å². The summed E-state index contributed by atoms with van der Waals surface area (Å²) in [6.07, 6.45) is -11.2. The molecule has 12 heteroatoms. The summed E-state index contributed by atoms with van der Waals surface area (Å²) < 4.78 is 9.91. The van der Waals surface area contributed by atoms with Crippen LogP contribution in [0.4, 0.5) is 0 Å². The Hall–Kier alpha value is -1.09. The highest BCUT2D eigenvalue weighted by Gasteiger charge is 2.83. The van der Waals surface area contributed by atoms with Gasteiger partial charge in [-0.25, -0.2) is 0 Å². The normalized spacial score (nSPS) is 60.4. The minimum atomic E-state index is -2.88. The van der Waals surface area contributed by atoms with Crippen LogP contribution >= 0.6 is 0 Å². The number of ether oxygens (including phenoxy) is 2. The number of nitrogens with one attached hydrogen (secondary N) is 2. The first-order chi connectivity index (χ1) is 10.6. The van der Waals surface area contributed by atoms with Gasteiger partial charge in [-0.05, 0) is 0 Å². The van der Waals surface area contributed by atoms with E-state index < -0.39 is 60.0 Å². The van der Waals surface area contributed by atoms with Crippen molar-refractivity contribution in [3.8, 4) is 0 Å². The van der Waals surface area contributed by atoms with Gasteiger partial charge in [0.05, 0.1) is 5.92 Å². The maximum atomic E-state index is 12.6. The Balaban J connectivity index is 1.95. The molecule has 0 radical (unpaired) electrons. The van der Waals surface area contributed by atoms with Crippen LogP contribution in [0.5, 0.6) is 0 Å². The smallest absolute Gasteiger partial charge is 0.343 e. The van der Waals surface area contributed by atoms with Gasteiger partial charge in [-0.15, -0.1) is 0 Å². The second-order valence-corrected chi connectivity index (χ2v) is 6.38. The molecule has 1 unspecified atom stereocenters. The largest absolute Gasteiger partial charge is 0.805 e. The van der Waals surface area contributed by atoms with E-state index in [2.05, 4.69) is 10.3 Å². The molecule has 4 heterocycles. The third kappa shape index (κ3) is 1.45. The monoisotopic (exact) mass is 335 g/mol. The zero-order valence-electron chi connectivity index (χ0n) is 11.5. The third-order valence-electron chi connectivity index (χ3n) is 5.34. The Morgan fingerprint density at radius 1 is 1.22 bits per heavy atom. The Labute approximate surface area is 128 Å². The van der Waals surface area contributed by atoms with Crippen LogP contribution in [0.3, 0.4) is 0 Å². The lowest BCUT2D eigenvalue weighted by molar-refractivity contribution is -0.721. The molecule has 0 aromatic heterocycles.